The number of carbonyl (C=O) groups is 1. The highest BCUT2D eigenvalue weighted by molar-refractivity contribution is 6.41. The molecule has 0 aliphatic rings. The predicted octanol–water partition coefficient (Wildman–Crippen LogP) is 1.92. The summed E-state index contributed by atoms with van der Waals surface area (Å²) in [5.41, 5.74) is 8.94. The quantitative estimate of drug-likeness (QED) is 0.424. The molecule has 0 heterocycles. The van der Waals surface area contributed by atoms with Crippen molar-refractivity contribution in [2.75, 3.05) is 0 Å². The summed E-state index contributed by atoms with van der Waals surface area (Å²) < 4.78 is 0. The smallest absolute Gasteiger partial charge is 0.300 e. The van der Waals surface area contributed by atoms with E-state index in [-0.39, 0.29) is 5.96 Å². The summed E-state index contributed by atoms with van der Waals surface area (Å²) in [6.07, 6.45) is 0. The molecule has 0 spiro atoms. The van der Waals surface area contributed by atoms with Crippen molar-refractivity contribution in [3.05, 3.63) is 34.3 Å². The van der Waals surface area contributed by atoms with Crippen LogP contribution in [0.15, 0.2) is 24.3 Å². The molecule has 0 amide bonds. The molecule has 0 aliphatic heterocycles. The Morgan fingerprint density at radius 2 is 1.44 bits per heavy atom. The van der Waals surface area contributed by atoms with Crippen molar-refractivity contribution >= 4 is 35.1 Å². The van der Waals surface area contributed by atoms with Gasteiger partial charge in [-0.15, -0.1) is 0 Å². The first kappa shape index (κ1) is 17.0. The molecule has 1 rings (SSSR count). The van der Waals surface area contributed by atoms with Crippen molar-refractivity contribution in [2.24, 2.45) is 11.5 Å². The zero-order valence-corrected chi connectivity index (χ0v) is 10.1. The largest absolute Gasteiger partial charge is 0.481 e. The molecule has 5 nitrogen and oxygen atoms in total. The summed E-state index contributed by atoms with van der Waals surface area (Å²) in [6, 6.07) is 7.19. The number of carboxylic acid groups (broad SMARTS) is 1. The SMILES string of the molecule is CC(=O)O.Clc1ccccc1Cl.N=C(N)N. The summed E-state index contributed by atoms with van der Waals surface area (Å²) in [5.74, 6) is -1.17. The molecule has 0 bridgehead atoms. The Labute approximate surface area is 103 Å². The second kappa shape index (κ2) is 10.1. The Kier molecular flexibility index (Phi) is 10.7. The topological polar surface area (TPSA) is 113 Å². The molecule has 6 N–H and O–H groups in total. The van der Waals surface area contributed by atoms with E-state index in [2.05, 4.69) is 11.5 Å². The van der Waals surface area contributed by atoms with E-state index in [4.69, 9.17) is 38.5 Å². The molecule has 90 valence electrons. The number of rotatable bonds is 0. The summed E-state index contributed by atoms with van der Waals surface area (Å²) in [4.78, 5) is 9.00. The van der Waals surface area contributed by atoms with Crippen LogP contribution in [0, 0.1) is 5.41 Å². The standard InChI is InChI=1S/C6H4Cl2.C2H4O2.CH5N3/c7-5-3-1-2-4-6(5)8;1-2(3)4;2-1(3)4/h1-4H;1H3,(H,3,4);(H5,2,3,4). The summed E-state index contributed by atoms with van der Waals surface area (Å²) in [5, 5.41) is 14.7. The third-order valence-electron chi connectivity index (χ3n) is 0.824. The lowest BCUT2D eigenvalue weighted by Gasteiger charge is -1.88. The maximum Gasteiger partial charge on any atom is 0.300 e. The molecule has 0 unspecified atom stereocenters. The predicted molar refractivity (Wildman–Crippen MR) is 65.9 cm³/mol. The molecule has 0 radical (unpaired) electrons. The number of hydrogen-bond acceptors (Lipinski definition) is 2. The molecule has 0 saturated heterocycles. The highest BCUT2D eigenvalue weighted by Gasteiger charge is 1.89. The van der Waals surface area contributed by atoms with E-state index in [1.54, 1.807) is 12.1 Å². The second-order valence-electron chi connectivity index (χ2n) is 2.39. The van der Waals surface area contributed by atoms with Crippen LogP contribution < -0.4 is 11.5 Å². The van der Waals surface area contributed by atoms with E-state index in [1.165, 1.54) is 0 Å². The van der Waals surface area contributed by atoms with Crippen LogP contribution in [0.2, 0.25) is 10.0 Å². The molecule has 0 atom stereocenters. The average molecular weight is 266 g/mol. The van der Waals surface area contributed by atoms with E-state index >= 15 is 0 Å². The van der Waals surface area contributed by atoms with Crippen molar-refractivity contribution in [1.29, 1.82) is 5.41 Å². The van der Waals surface area contributed by atoms with Crippen LogP contribution in [-0.4, -0.2) is 17.0 Å². The molecular formula is C9H13Cl2N3O2. The van der Waals surface area contributed by atoms with Crippen LogP contribution in [0.5, 0.6) is 0 Å². The number of nitrogens with two attached hydrogens (primary N) is 2. The average Bonchev–Trinajstić information content (AvgIpc) is 2.08. The Morgan fingerprint density at radius 1 is 1.25 bits per heavy atom. The van der Waals surface area contributed by atoms with Gasteiger partial charge in [-0.1, -0.05) is 35.3 Å². The number of aliphatic carboxylic acids is 1. The number of hydrogen-bond donors (Lipinski definition) is 4. The maximum atomic E-state index is 9.00. The van der Waals surface area contributed by atoms with Gasteiger partial charge in [-0.2, -0.15) is 0 Å². The Hall–Kier alpha value is -1.46. The summed E-state index contributed by atoms with van der Waals surface area (Å²) in [7, 11) is 0. The molecule has 1 aromatic rings. The highest BCUT2D eigenvalue weighted by atomic mass is 35.5. The van der Waals surface area contributed by atoms with Crippen LogP contribution in [0.3, 0.4) is 0 Å². The van der Waals surface area contributed by atoms with E-state index in [9.17, 15) is 0 Å². The fourth-order valence-corrected chi connectivity index (χ4v) is 0.711. The number of guanidine groups is 1. The molecule has 1 aromatic carbocycles. The zero-order valence-electron chi connectivity index (χ0n) is 8.58. The van der Waals surface area contributed by atoms with Gasteiger partial charge in [0.1, 0.15) is 0 Å². The van der Waals surface area contributed by atoms with Crippen molar-refractivity contribution in [3.63, 3.8) is 0 Å². The number of nitrogens with one attached hydrogen (secondary N) is 1. The van der Waals surface area contributed by atoms with E-state index in [0.29, 0.717) is 10.0 Å². The van der Waals surface area contributed by atoms with E-state index in [1.807, 2.05) is 12.1 Å². The molecule has 0 fully saturated rings. The highest BCUT2D eigenvalue weighted by Crippen LogP contribution is 2.19. The maximum absolute atomic E-state index is 9.00. The van der Waals surface area contributed by atoms with Gasteiger partial charge < -0.3 is 16.6 Å². The molecule has 7 heteroatoms. The Balaban J connectivity index is 0. The number of carboxylic acids is 1. The van der Waals surface area contributed by atoms with Gasteiger partial charge >= 0.3 is 0 Å². The van der Waals surface area contributed by atoms with Gasteiger partial charge in [-0.25, -0.2) is 0 Å². The van der Waals surface area contributed by atoms with Gasteiger partial charge in [0.15, 0.2) is 5.96 Å². The molecule has 16 heavy (non-hydrogen) atoms. The Morgan fingerprint density at radius 3 is 1.56 bits per heavy atom. The van der Waals surface area contributed by atoms with E-state index < -0.39 is 5.97 Å². The van der Waals surface area contributed by atoms with Crippen LogP contribution in [0.1, 0.15) is 6.92 Å². The summed E-state index contributed by atoms with van der Waals surface area (Å²) >= 11 is 11.2. The van der Waals surface area contributed by atoms with Crippen molar-refractivity contribution in [2.45, 2.75) is 6.92 Å². The second-order valence-corrected chi connectivity index (χ2v) is 3.20. The van der Waals surface area contributed by atoms with Gasteiger partial charge in [0.2, 0.25) is 0 Å². The lowest BCUT2D eigenvalue weighted by molar-refractivity contribution is -0.134. The lowest BCUT2D eigenvalue weighted by Crippen LogP contribution is -2.20. The monoisotopic (exact) mass is 265 g/mol. The first-order chi connectivity index (χ1) is 7.27. The molecule has 0 aromatic heterocycles. The van der Waals surface area contributed by atoms with Crippen LogP contribution >= 0.6 is 23.2 Å². The fraction of sp³-hybridized carbons (Fsp3) is 0.111. The number of halogens is 2. The van der Waals surface area contributed by atoms with Gasteiger partial charge in [0.05, 0.1) is 10.0 Å². The minimum Gasteiger partial charge on any atom is -0.481 e. The third-order valence-corrected chi connectivity index (χ3v) is 1.58. The van der Waals surface area contributed by atoms with Gasteiger partial charge in [-0.3, -0.25) is 10.2 Å². The van der Waals surface area contributed by atoms with Gasteiger partial charge in [-0.05, 0) is 12.1 Å². The van der Waals surface area contributed by atoms with Crippen LogP contribution in [0.4, 0.5) is 0 Å². The van der Waals surface area contributed by atoms with Crippen LogP contribution in [0.25, 0.3) is 0 Å². The minimum absolute atomic E-state index is 0.333. The van der Waals surface area contributed by atoms with Crippen molar-refractivity contribution in [3.8, 4) is 0 Å². The minimum atomic E-state index is -0.833. The van der Waals surface area contributed by atoms with E-state index in [0.717, 1.165) is 6.92 Å². The molecular weight excluding hydrogens is 253 g/mol. The first-order valence-corrected chi connectivity index (χ1v) is 4.72. The van der Waals surface area contributed by atoms with Crippen molar-refractivity contribution in [1.82, 2.24) is 0 Å². The number of benzene rings is 1. The first-order valence-electron chi connectivity index (χ1n) is 3.96. The lowest BCUT2D eigenvalue weighted by atomic mass is 10.4. The van der Waals surface area contributed by atoms with Gasteiger partial charge in [0, 0.05) is 6.92 Å². The Bertz CT molecular complexity index is 304. The zero-order chi connectivity index (χ0) is 13.1. The molecule has 0 saturated carbocycles. The van der Waals surface area contributed by atoms with Crippen LogP contribution in [-0.2, 0) is 4.79 Å². The normalized spacial score (nSPS) is 7.69. The van der Waals surface area contributed by atoms with Crippen molar-refractivity contribution < 1.29 is 9.90 Å². The molecule has 0 aliphatic carbocycles. The third kappa shape index (κ3) is 18.3. The fourth-order valence-electron chi connectivity index (χ4n) is 0.439. The summed E-state index contributed by atoms with van der Waals surface area (Å²) in [6.45, 7) is 1.08. The van der Waals surface area contributed by atoms with Gasteiger partial charge in [0.25, 0.3) is 5.97 Å².